The number of aliphatic carboxylic acids is 1. The van der Waals surface area contributed by atoms with Crippen LogP contribution in [-0.4, -0.2) is 22.7 Å². The Morgan fingerprint density at radius 1 is 1.12 bits per heavy atom. The van der Waals surface area contributed by atoms with E-state index in [9.17, 15) is 4.79 Å². The molecule has 0 radical (unpaired) electrons. The maximum absolute atomic E-state index is 10.7. The molecule has 0 unspecified atom stereocenters. The van der Waals surface area contributed by atoms with Crippen LogP contribution in [0.25, 0.3) is 23.1 Å². The molecule has 0 saturated heterocycles. The summed E-state index contributed by atoms with van der Waals surface area (Å²) in [5, 5.41) is 9.92. The highest BCUT2D eigenvalue weighted by atomic mass is 16.5. The first-order valence-corrected chi connectivity index (χ1v) is 8.66. The molecule has 132 valence electrons. The highest BCUT2D eigenvalue weighted by Crippen LogP contribution is 2.21. The first kappa shape index (κ1) is 17.7. The van der Waals surface area contributed by atoms with Crippen molar-refractivity contribution in [2.45, 2.75) is 19.8 Å². The van der Waals surface area contributed by atoms with Crippen molar-refractivity contribution in [3.63, 3.8) is 0 Å². The van der Waals surface area contributed by atoms with E-state index in [0.717, 1.165) is 40.6 Å². The van der Waals surface area contributed by atoms with Crippen molar-refractivity contribution in [2.24, 2.45) is 0 Å². The van der Waals surface area contributed by atoms with Gasteiger partial charge in [0.05, 0.1) is 11.2 Å². The molecule has 1 heterocycles. The van der Waals surface area contributed by atoms with Crippen molar-refractivity contribution in [2.75, 3.05) is 6.61 Å². The minimum absolute atomic E-state index is 0.342. The first-order chi connectivity index (χ1) is 12.6. The molecule has 0 aliphatic carbocycles. The topological polar surface area (TPSA) is 59.4 Å². The van der Waals surface area contributed by atoms with Crippen molar-refractivity contribution in [1.82, 2.24) is 4.98 Å². The predicted molar refractivity (Wildman–Crippen MR) is 104 cm³/mol. The fourth-order valence-electron chi connectivity index (χ4n) is 2.80. The molecule has 26 heavy (non-hydrogen) atoms. The smallest absolute Gasteiger partial charge is 0.341 e. The lowest BCUT2D eigenvalue weighted by atomic mass is 10.1. The number of pyridine rings is 1. The molecule has 3 rings (SSSR count). The second-order valence-electron chi connectivity index (χ2n) is 6.10. The van der Waals surface area contributed by atoms with E-state index in [0.29, 0.717) is 5.75 Å². The summed E-state index contributed by atoms with van der Waals surface area (Å²) in [5.41, 5.74) is 3.92. The van der Waals surface area contributed by atoms with Gasteiger partial charge in [-0.2, -0.15) is 0 Å². The Labute approximate surface area is 152 Å². The van der Waals surface area contributed by atoms with Crippen LogP contribution in [-0.2, 0) is 11.2 Å². The zero-order chi connectivity index (χ0) is 18.4. The normalized spacial score (nSPS) is 11.1. The number of rotatable bonds is 7. The van der Waals surface area contributed by atoms with Crippen molar-refractivity contribution < 1.29 is 14.6 Å². The molecule has 0 amide bonds. The number of carboxylic acids is 1. The highest BCUT2D eigenvalue weighted by Gasteiger charge is 2.03. The summed E-state index contributed by atoms with van der Waals surface area (Å²) in [6, 6.07) is 17.9. The zero-order valence-corrected chi connectivity index (χ0v) is 14.7. The molecule has 3 aromatic rings. The Morgan fingerprint density at radius 3 is 2.77 bits per heavy atom. The van der Waals surface area contributed by atoms with Gasteiger partial charge in [0.25, 0.3) is 0 Å². The summed E-state index contributed by atoms with van der Waals surface area (Å²) in [4.78, 5) is 15.4. The average Bonchev–Trinajstić information content (AvgIpc) is 2.65. The van der Waals surface area contributed by atoms with E-state index in [1.807, 2.05) is 54.6 Å². The molecule has 1 aromatic heterocycles. The molecule has 4 nitrogen and oxygen atoms in total. The third kappa shape index (κ3) is 4.70. The Morgan fingerprint density at radius 2 is 1.96 bits per heavy atom. The maximum atomic E-state index is 10.7. The largest absolute Gasteiger partial charge is 0.482 e. The van der Waals surface area contributed by atoms with Gasteiger partial charge in [-0.15, -0.1) is 0 Å². The highest BCUT2D eigenvalue weighted by molar-refractivity contribution is 5.81. The number of carbonyl (C=O) groups is 1. The molecule has 0 bridgehead atoms. The molecule has 0 aliphatic heterocycles. The van der Waals surface area contributed by atoms with E-state index in [-0.39, 0.29) is 6.61 Å². The van der Waals surface area contributed by atoms with Gasteiger partial charge in [0, 0.05) is 5.39 Å². The van der Waals surface area contributed by atoms with Crippen molar-refractivity contribution in [3.8, 4) is 5.75 Å². The number of aryl methyl sites for hydroxylation is 1. The fourth-order valence-corrected chi connectivity index (χ4v) is 2.80. The fraction of sp³-hybridized carbons (Fsp3) is 0.182. The molecule has 0 spiro atoms. The Hall–Kier alpha value is -3.14. The van der Waals surface area contributed by atoms with Crippen LogP contribution in [0.2, 0.25) is 0 Å². The van der Waals surface area contributed by atoms with Crippen molar-refractivity contribution in [3.05, 3.63) is 71.4 Å². The van der Waals surface area contributed by atoms with Crippen LogP contribution in [0.5, 0.6) is 5.75 Å². The van der Waals surface area contributed by atoms with Crippen molar-refractivity contribution >= 4 is 29.0 Å². The molecule has 0 atom stereocenters. The second-order valence-corrected chi connectivity index (χ2v) is 6.10. The van der Waals surface area contributed by atoms with E-state index in [1.165, 1.54) is 0 Å². The summed E-state index contributed by atoms with van der Waals surface area (Å²) in [5.74, 6) is -0.409. The molecule has 0 aliphatic rings. The van der Waals surface area contributed by atoms with Gasteiger partial charge in [-0.3, -0.25) is 0 Å². The number of hydrogen-bond donors (Lipinski definition) is 1. The van der Waals surface area contributed by atoms with E-state index >= 15 is 0 Å². The van der Waals surface area contributed by atoms with Gasteiger partial charge in [-0.25, -0.2) is 9.78 Å². The van der Waals surface area contributed by atoms with Gasteiger partial charge in [0.15, 0.2) is 6.61 Å². The van der Waals surface area contributed by atoms with Crippen LogP contribution in [0.3, 0.4) is 0 Å². The first-order valence-electron chi connectivity index (χ1n) is 8.66. The summed E-state index contributed by atoms with van der Waals surface area (Å²) in [7, 11) is 0. The quantitative estimate of drug-likeness (QED) is 0.665. The van der Waals surface area contributed by atoms with Gasteiger partial charge in [-0.1, -0.05) is 49.8 Å². The number of nitrogens with zero attached hydrogens (tertiary/aromatic N) is 1. The van der Waals surface area contributed by atoms with Crippen LogP contribution in [0, 0.1) is 0 Å². The molecular weight excluding hydrogens is 326 g/mol. The van der Waals surface area contributed by atoms with E-state index < -0.39 is 5.97 Å². The molecule has 2 aromatic carbocycles. The third-order valence-corrected chi connectivity index (χ3v) is 3.96. The lowest BCUT2D eigenvalue weighted by Gasteiger charge is -2.08. The Kier molecular flexibility index (Phi) is 5.64. The number of hydrogen-bond acceptors (Lipinski definition) is 3. The van der Waals surface area contributed by atoms with Crippen LogP contribution >= 0.6 is 0 Å². The summed E-state index contributed by atoms with van der Waals surface area (Å²) in [6.45, 7) is 1.77. The number of fused-ring (bicyclic) bond motifs is 1. The number of benzene rings is 2. The van der Waals surface area contributed by atoms with Gasteiger partial charge in [0.2, 0.25) is 0 Å². The summed E-state index contributed by atoms with van der Waals surface area (Å²) < 4.78 is 5.36. The molecule has 1 N–H and O–H groups in total. The van der Waals surface area contributed by atoms with Crippen LogP contribution in [0.15, 0.2) is 54.6 Å². The molecular formula is C22H21NO3. The van der Waals surface area contributed by atoms with E-state index in [1.54, 1.807) is 0 Å². The Balaban J connectivity index is 1.85. The predicted octanol–water partition coefficient (Wildman–Crippen LogP) is 4.82. The van der Waals surface area contributed by atoms with Crippen molar-refractivity contribution in [1.29, 1.82) is 0 Å². The summed E-state index contributed by atoms with van der Waals surface area (Å²) in [6.07, 6.45) is 5.86. The van der Waals surface area contributed by atoms with Gasteiger partial charge in [-0.05, 0) is 47.9 Å². The van der Waals surface area contributed by atoms with Gasteiger partial charge < -0.3 is 9.84 Å². The van der Waals surface area contributed by atoms with Crippen LogP contribution in [0.1, 0.15) is 30.2 Å². The van der Waals surface area contributed by atoms with E-state index in [2.05, 4.69) is 24.0 Å². The SMILES string of the molecule is CCCc1cc(C=Cc2ccc3ccccc3n2)cc(OCC(=O)O)c1. The second kappa shape index (κ2) is 8.30. The number of aromatic nitrogens is 1. The number of para-hydroxylation sites is 1. The standard InChI is InChI=1S/C22H21NO3/c1-2-5-16-12-17(14-20(13-16)26-15-22(24)25)8-10-19-11-9-18-6-3-4-7-21(18)23-19/h3-4,6-14H,2,5,15H2,1H3,(H,24,25). The molecule has 4 heteroatoms. The third-order valence-electron chi connectivity index (χ3n) is 3.96. The van der Waals surface area contributed by atoms with Gasteiger partial charge >= 0.3 is 5.97 Å². The minimum Gasteiger partial charge on any atom is -0.482 e. The van der Waals surface area contributed by atoms with Gasteiger partial charge in [0.1, 0.15) is 5.75 Å². The lowest BCUT2D eigenvalue weighted by Crippen LogP contribution is -2.09. The molecule has 0 saturated carbocycles. The lowest BCUT2D eigenvalue weighted by molar-refractivity contribution is -0.139. The summed E-state index contributed by atoms with van der Waals surface area (Å²) >= 11 is 0. The van der Waals surface area contributed by atoms with E-state index in [4.69, 9.17) is 9.84 Å². The van der Waals surface area contributed by atoms with Crippen LogP contribution in [0.4, 0.5) is 0 Å². The number of ether oxygens (including phenoxy) is 1. The van der Waals surface area contributed by atoms with Crippen LogP contribution < -0.4 is 4.74 Å². The maximum Gasteiger partial charge on any atom is 0.341 e. The average molecular weight is 347 g/mol. The number of carboxylic acid groups (broad SMARTS) is 1. The Bertz CT molecular complexity index is 947. The zero-order valence-electron chi connectivity index (χ0n) is 14.7. The minimum atomic E-state index is -0.983. The molecule has 0 fully saturated rings. The monoisotopic (exact) mass is 347 g/mol.